The highest BCUT2D eigenvalue weighted by Gasteiger charge is 2.36. The van der Waals surface area contributed by atoms with E-state index >= 15 is 0 Å². The Morgan fingerprint density at radius 2 is 1.97 bits per heavy atom. The second-order valence-corrected chi connectivity index (χ2v) is 8.90. The van der Waals surface area contributed by atoms with Gasteiger partial charge in [0.15, 0.2) is 11.7 Å². The summed E-state index contributed by atoms with van der Waals surface area (Å²) in [6, 6.07) is 9.91. The van der Waals surface area contributed by atoms with Gasteiger partial charge in [0.25, 0.3) is 5.91 Å². The molecule has 0 bridgehead atoms. The highest BCUT2D eigenvalue weighted by molar-refractivity contribution is 7.10. The van der Waals surface area contributed by atoms with E-state index in [1.165, 1.54) is 16.2 Å². The predicted octanol–water partition coefficient (Wildman–Crippen LogP) is 4.30. The lowest BCUT2D eigenvalue weighted by Gasteiger charge is -2.33. The number of nitrogens with one attached hydrogen (secondary N) is 1. The molecule has 0 saturated heterocycles. The number of carbonyl (C=O) groups excluding carboxylic acids is 2. The van der Waals surface area contributed by atoms with Crippen molar-refractivity contribution in [3.63, 3.8) is 0 Å². The first kappa shape index (κ1) is 21.9. The number of aromatic nitrogens is 2. The molecule has 0 spiro atoms. The minimum atomic E-state index is -0.849. The summed E-state index contributed by atoms with van der Waals surface area (Å²) in [4.78, 5) is 29.2. The first-order valence-electron chi connectivity index (χ1n) is 9.46. The minimum Gasteiger partial charge on any atom is -0.497 e. The molecule has 1 N–H and O–H groups in total. The van der Waals surface area contributed by atoms with Crippen LogP contribution in [0.25, 0.3) is 0 Å². The Bertz CT molecular complexity index is 970. The second-order valence-electron chi connectivity index (χ2n) is 7.31. The van der Waals surface area contributed by atoms with Gasteiger partial charge in [-0.15, -0.1) is 16.4 Å². The van der Waals surface area contributed by atoms with Crippen LogP contribution < -0.4 is 15.0 Å². The number of methoxy groups -OCH3 is 1. The van der Waals surface area contributed by atoms with Crippen molar-refractivity contribution in [2.24, 2.45) is 0 Å². The van der Waals surface area contributed by atoms with Crippen molar-refractivity contribution < 1.29 is 14.3 Å². The number of carbonyl (C=O) groups is 2. The number of hydrogen-bond donors (Lipinski definition) is 1. The molecule has 158 valence electrons. The molecule has 2 amide bonds. The molecule has 1 unspecified atom stereocenters. The molecule has 2 aromatic heterocycles. The van der Waals surface area contributed by atoms with Crippen LogP contribution in [0.1, 0.15) is 48.6 Å². The molecule has 0 aliphatic rings. The van der Waals surface area contributed by atoms with Gasteiger partial charge < -0.3 is 10.1 Å². The number of anilines is 1. The molecule has 1 atom stereocenters. The SMILES string of the molecule is CCC(C)(C)NC(=O)C(c1cccs1)N(C(=O)c1csnn1)c1ccc(OC)cc1. The average Bonchev–Trinajstić information content (AvgIpc) is 3.45. The lowest BCUT2D eigenvalue weighted by molar-refractivity contribution is -0.124. The van der Waals surface area contributed by atoms with Gasteiger partial charge in [-0.2, -0.15) is 0 Å². The fraction of sp³-hybridized carbons (Fsp3) is 0.333. The monoisotopic (exact) mass is 444 g/mol. The summed E-state index contributed by atoms with van der Waals surface area (Å²) >= 11 is 2.52. The Labute approximate surface area is 183 Å². The number of nitrogens with zero attached hydrogens (tertiary/aromatic N) is 3. The molecule has 9 heteroatoms. The summed E-state index contributed by atoms with van der Waals surface area (Å²) in [6.45, 7) is 5.92. The summed E-state index contributed by atoms with van der Waals surface area (Å²) in [7, 11) is 1.58. The Hall–Kier alpha value is -2.78. The van der Waals surface area contributed by atoms with Crippen LogP contribution in [0, 0.1) is 0 Å². The lowest BCUT2D eigenvalue weighted by Crippen LogP contribution is -2.50. The highest BCUT2D eigenvalue weighted by atomic mass is 32.1. The molecule has 30 heavy (non-hydrogen) atoms. The van der Waals surface area contributed by atoms with E-state index in [9.17, 15) is 9.59 Å². The van der Waals surface area contributed by atoms with Crippen molar-refractivity contribution in [3.8, 4) is 5.75 Å². The van der Waals surface area contributed by atoms with Gasteiger partial charge in [-0.05, 0) is 67.5 Å². The normalized spacial score (nSPS) is 12.3. The Kier molecular flexibility index (Phi) is 6.84. The van der Waals surface area contributed by atoms with E-state index in [2.05, 4.69) is 14.9 Å². The topological polar surface area (TPSA) is 84.4 Å². The Balaban J connectivity index is 2.10. The van der Waals surface area contributed by atoms with Crippen molar-refractivity contribution >= 4 is 40.4 Å². The van der Waals surface area contributed by atoms with Gasteiger partial charge in [0.05, 0.1) is 7.11 Å². The summed E-state index contributed by atoms with van der Waals surface area (Å²) in [5.74, 6) is 0.0131. The van der Waals surface area contributed by atoms with Crippen LogP contribution in [0.2, 0.25) is 0 Å². The van der Waals surface area contributed by atoms with Crippen molar-refractivity contribution in [2.75, 3.05) is 12.0 Å². The van der Waals surface area contributed by atoms with E-state index < -0.39 is 17.5 Å². The van der Waals surface area contributed by atoms with E-state index in [4.69, 9.17) is 4.74 Å². The van der Waals surface area contributed by atoms with Gasteiger partial charge in [0, 0.05) is 21.5 Å². The van der Waals surface area contributed by atoms with Crippen LogP contribution in [0.4, 0.5) is 5.69 Å². The van der Waals surface area contributed by atoms with Gasteiger partial charge in [0.1, 0.15) is 5.75 Å². The van der Waals surface area contributed by atoms with Crippen molar-refractivity contribution in [1.29, 1.82) is 0 Å². The molecule has 7 nitrogen and oxygen atoms in total. The zero-order valence-corrected chi connectivity index (χ0v) is 18.9. The van der Waals surface area contributed by atoms with Gasteiger partial charge in [-0.1, -0.05) is 17.5 Å². The molecule has 0 aliphatic heterocycles. The quantitative estimate of drug-likeness (QED) is 0.560. The minimum absolute atomic E-state index is 0.194. The summed E-state index contributed by atoms with van der Waals surface area (Å²) in [6.07, 6.45) is 0.752. The van der Waals surface area contributed by atoms with E-state index in [0.29, 0.717) is 11.4 Å². The maximum atomic E-state index is 13.5. The Morgan fingerprint density at radius 3 is 2.50 bits per heavy atom. The van der Waals surface area contributed by atoms with Crippen LogP contribution in [-0.2, 0) is 4.79 Å². The largest absolute Gasteiger partial charge is 0.497 e. The molecule has 2 heterocycles. The number of hydrogen-bond acceptors (Lipinski definition) is 7. The second kappa shape index (κ2) is 9.36. The Morgan fingerprint density at radius 1 is 1.23 bits per heavy atom. The van der Waals surface area contributed by atoms with Crippen molar-refractivity contribution in [1.82, 2.24) is 14.9 Å². The molecule has 0 aliphatic carbocycles. The number of benzene rings is 1. The number of thiophene rings is 1. The van der Waals surface area contributed by atoms with Crippen LogP contribution in [0.5, 0.6) is 5.75 Å². The number of rotatable bonds is 8. The van der Waals surface area contributed by atoms with Gasteiger partial charge >= 0.3 is 0 Å². The van der Waals surface area contributed by atoms with Gasteiger partial charge in [-0.25, -0.2) is 0 Å². The molecule has 1 aromatic carbocycles. The standard InChI is InChI=1S/C21H24N4O3S2/c1-5-21(2,3)22-19(26)18(17-7-6-12-29-17)25(20(27)16-13-30-24-23-16)14-8-10-15(28-4)11-9-14/h6-13,18H,5H2,1-4H3,(H,22,26). The van der Waals surface area contributed by atoms with Crippen LogP contribution >= 0.6 is 22.9 Å². The summed E-state index contributed by atoms with van der Waals surface area (Å²) < 4.78 is 9.05. The fourth-order valence-corrected chi connectivity index (χ4v) is 4.06. The fourth-order valence-electron chi connectivity index (χ4n) is 2.82. The molecule has 0 fully saturated rings. The average molecular weight is 445 g/mol. The van der Waals surface area contributed by atoms with Crippen LogP contribution in [-0.4, -0.2) is 34.1 Å². The van der Waals surface area contributed by atoms with Crippen molar-refractivity contribution in [3.05, 3.63) is 57.7 Å². The first-order chi connectivity index (χ1) is 14.4. The van der Waals surface area contributed by atoms with E-state index in [1.54, 1.807) is 36.8 Å². The number of ether oxygens (including phenoxy) is 1. The van der Waals surface area contributed by atoms with Gasteiger partial charge in [0.2, 0.25) is 5.91 Å². The lowest BCUT2D eigenvalue weighted by atomic mass is 10.0. The van der Waals surface area contributed by atoms with Crippen LogP contribution in [0.15, 0.2) is 47.2 Å². The highest BCUT2D eigenvalue weighted by Crippen LogP contribution is 2.33. The summed E-state index contributed by atoms with van der Waals surface area (Å²) in [5.41, 5.74) is 0.347. The summed E-state index contributed by atoms with van der Waals surface area (Å²) in [5, 5.41) is 10.5. The zero-order valence-electron chi connectivity index (χ0n) is 17.3. The van der Waals surface area contributed by atoms with E-state index in [0.717, 1.165) is 22.8 Å². The molecule has 0 radical (unpaired) electrons. The van der Waals surface area contributed by atoms with Crippen molar-refractivity contribution in [2.45, 2.75) is 38.8 Å². The maximum Gasteiger partial charge on any atom is 0.280 e. The maximum absolute atomic E-state index is 13.5. The molecular weight excluding hydrogens is 420 g/mol. The number of amides is 2. The van der Waals surface area contributed by atoms with Crippen LogP contribution in [0.3, 0.4) is 0 Å². The molecule has 0 saturated carbocycles. The third-order valence-electron chi connectivity index (χ3n) is 4.81. The third kappa shape index (κ3) is 4.85. The zero-order chi connectivity index (χ0) is 21.7. The van der Waals surface area contributed by atoms with E-state index in [-0.39, 0.29) is 11.6 Å². The molecule has 3 rings (SSSR count). The third-order valence-corrected chi connectivity index (χ3v) is 6.24. The first-order valence-corrected chi connectivity index (χ1v) is 11.2. The molecule has 3 aromatic rings. The smallest absolute Gasteiger partial charge is 0.280 e. The van der Waals surface area contributed by atoms with E-state index in [1.807, 2.05) is 38.3 Å². The molecular formula is C21H24N4O3S2. The predicted molar refractivity (Wildman–Crippen MR) is 119 cm³/mol. The van der Waals surface area contributed by atoms with Gasteiger partial charge in [-0.3, -0.25) is 14.5 Å².